The van der Waals surface area contributed by atoms with Crippen molar-refractivity contribution in [1.82, 2.24) is 10.6 Å². The predicted octanol–water partition coefficient (Wildman–Crippen LogP) is 0.547. The Morgan fingerprint density at radius 2 is 2.20 bits per heavy atom. The summed E-state index contributed by atoms with van der Waals surface area (Å²) in [6.45, 7) is 0.716. The maximum Gasteiger partial charge on any atom is 0.221 e. The van der Waals surface area contributed by atoms with Crippen LogP contribution in [0.5, 0.6) is 0 Å². The van der Waals surface area contributed by atoms with E-state index in [9.17, 15) is 4.79 Å². The van der Waals surface area contributed by atoms with E-state index in [0.29, 0.717) is 19.0 Å². The zero-order chi connectivity index (χ0) is 10.7. The molecule has 1 saturated carbocycles. The van der Waals surface area contributed by atoms with Gasteiger partial charge >= 0.3 is 0 Å². The first-order chi connectivity index (χ1) is 7.29. The van der Waals surface area contributed by atoms with Gasteiger partial charge in [-0.25, -0.2) is 0 Å². The molecule has 2 fully saturated rings. The van der Waals surface area contributed by atoms with Gasteiger partial charge in [0.25, 0.3) is 0 Å². The van der Waals surface area contributed by atoms with Crippen LogP contribution in [-0.2, 0) is 4.79 Å². The zero-order valence-corrected chi connectivity index (χ0v) is 8.83. The zero-order valence-electron chi connectivity index (χ0n) is 8.83. The Kier molecular flexibility index (Phi) is 3.22. The molecule has 0 aromatic carbocycles. The highest BCUT2D eigenvalue weighted by Gasteiger charge is 2.29. The minimum atomic E-state index is 0.122. The summed E-state index contributed by atoms with van der Waals surface area (Å²) in [6.07, 6.45) is 5.00. The average Bonchev–Trinajstić information content (AvgIpc) is 2.65. The molecule has 2 rings (SSSR count). The van der Waals surface area contributed by atoms with Gasteiger partial charge in [0.1, 0.15) is 0 Å². The lowest BCUT2D eigenvalue weighted by molar-refractivity contribution is -0.119. The van der Waals surface area contributed by atoms with Crippen molar-refractivity contribution in [2.45, 2.75) is 44.2 Å². The topological polar surface area (TPSA) is 64.9 Å². The van der Waals surface area contributed by atoms with E-state index in [2.05, 4.69) is 16.7 Å². The Hall–Kier alpha value is -1.08. The summed E-state index contributed by atoms with van der Waals surface area (Å²) in [5.41, 5.74) is 0. The number of nitrogens with one attached hydrogen (secondary N) is 2. The van der Waals surface area contributed by atoms with Gasteiger partial charge in [0.2, 0.25) is 5.91 Å². The summed E-state index contributed by atoms with van der Waals surface area (Å²) in [7, 11) is 0. The van der Waals surface area contributed by atoms with E-state index in [1.807, 2.05) is 0 Å². The molecular weight excluding hydrogens is 190 g/mol. The SMILES string of the molecule is N#CC1CCCCC1NC1CNC(=O)C1. The fraction of sp³-hybridized carbons (Fsp3) is 0.818. The van der Waals surface area contributed by atoms with E-state index < -0.39 is 0 Å². The van der Waals surface area contributed by atoms with Gasteiger partial charge in [-0.2, -0.15) is 5.26 Å². The van der Waals surface area contributed by atoms with Gasteiger partial charge in [-0.15, -0.1) is 0 Å². The van der Waals surface area contributed by atoms with Gasteiger partial charge in [0, 0.05) is 25.0 Å². The molecule has 15 heavy (non-hydrogen) atoms. The second-order valence-electron chi connectivity index (χ2n) is 4.50. The molecule has 0 spiro atoms. The van der Waals surface area contributed by atoms with E-state index in [-0.39, 0.29) is 17.9 Å². The van der Waals surface area contributed by atoms with Gasteiger partial charge in [-0.05, 0) is 12.8 Å². The van der Waals surface area contributed by atoms with Gasteiger partial charge in [-0.3, -0.25) is 4.79 Å². The van der Waals surface area contributed by atoms with Crippen LogP contribution in [-0.4, -0.2) is 24.5 Å². The van der Waals surface area contributed by atoms with Crippen molar-refractivity contribution >= 4 is 5.91 Å². The second kappa shape index (κ2) is 4.63. The van der Waals surface area contributed by atoms with E-state index in [1.54, 1.807) is 0 Å². The summed E-state index contributed by atoms with van der Waals surface area (Å²) in [4.78, 5) is 11.0. The number of amides is 1. The van der Waals surface area contributed by atoms with Crippen LogP contribution in [0.1, 0.15) is 32.1 Å². The molecule has 2 N–H and O–H groups in total. The summed E-state index contributed by atoms with van der Waals surface area (Å²) >= 11 is 0. The lowest BCUT2D eigenvalue weighted by atomic mass is 9.85. The molecule has 0 aromatic rings. The van der Waals surface area contributed by atoms with Crippen molar-refractivity contribution in [2.75, 3.05) is 6.54 Å². The van der Waals surface area contributed by atoms with Crippen LogP contribution in [0.4, 0.5) is 0 Å². The van der Waals surface area contributed by atoms with Gasteiger partial charge in [0.15, 0.2) is 0 Å². The summed E-state index contributed by atoms with van der Waals surface area (Å²) < 4.78 is 0. The molecule has 82 valence electrons. The fourth-order valence-corrected chi connectivity index (χ4v) is 2.51. The van der Waals surface area contributed by atoms with Crippen molar-refractivity contribution in [3.8, 4) is 6.07 Å². The fourth-order valence-electron chi connectivity index (χ4n) is 2.51. The minimum absolute atomic E-state index is 0.122. The lowest BCUT2D eigenvalue weighted by Gasteiger charge is -2.29. The third-order valence-electron chi connectivity index (χ3n) is 3.36. The number of rotatable bonds is 2. The van der Waals surface area contributed by atoms with Crippen molar-refractivity contribution in [3.05, 3.63) is 0 Å². The van der Waals surface area contributed by atoms with Crippen LogP contribution in [0.15, 0.2) is 0 Å². The molecule has 2 aliphatic rings. The minimum Gasteiger partial charge on any atom is -0.354 e. The largest absolute Gasteiger partial charge is 0.354 e. The Balaban J connectivity index is 1.87. The van der Waals surface area contributed by atoms with Crippen LogP contribution in [0, 0.1) is 17.2 Å². The normalized spacial score (nSPS) is 35.9. The van der Waals surface area contributed by atoms with Crippen molar-refractivity contribution in [1.29, 1.82) is 5.26 Å². The average molecular weight is 207 g/mol. The van der Waals surface area contributed by atoms with Crippen LogP contribution < -0.4 is 10.6 Å². The molecule has 1 aliphatic heterocycles. The quantitative estimate of drug-likeness (QED) is 0.695. The maximum absolute atomic E-state index is 11.0. The molecule has 1 saturated heterocycles. The first-order valence-corrected chi connectivity index (χ1v) is 5.72. The summed E-state index contributed by atoms with van der Waals surface area (Å²) in [5.74, 6) is 0.256. The molecule has 1 heterocycles. The lowest BCUT2D eigenvalue weighted by Crippen LogP contribution is -2.44. The maximum atomic E-state index is 11.0. The molecule has 4 heteroatoms. The van der Waals surface area contributed by atoms with Crippen molar-refractivity contribution in [3.63, 3.8) is 0 Å². The molecule has 3 atom stereocenters. The van der Waals surface area contributed by atoms with Crippen LogP contribution in [0.3, 0.4) is 0 Å². The predicted molar refractivity (Wildman–Crippen MR) is 55.9 cm³/mol. The third-order valence-corrected chi connectivity index (χ3v) is 3.36. The monoisotopic (exact) mass is 207 g/mol. The molecule has 3 unspecified atom stereocenters. The van der Waals surface area contributed by atoms with E-state index >= 15 is 0 Å². The van der Waals surface area contributed by atoms with E-state index in [4.69, 9.17) is 5.26 Å². The first-order valence-electron chi connectivity index (χ1n) is 5.72. The Morgan fingerprint density at radius 1 is 1.40 bits per heavy atom. The molecule has 1 aliphatic carbocycles. The number of hydrogen-bond donors (Lipinski definition) is 2. The van der Waals surface area contributed by atoms with Gasteiger partial charge in [-0.1, -0.05) is 12.8 Å². The number of carbonyl (C=O) groups is 1. The van der Waals surface area contributed by atoms with E-state index in [1.165, 1.54) is 6.42 Å². The standard InChI is InChI=1S/C11H17N3O/c12-6-8-3-1-2-4-10(8)14-9-5-11(15)13-7-9/h8-10,14H,1-5,7H2,(H,13,15). The van der Waals surface area contributed by atoms with Crippen LogP contribution in [0.25, 0.3) is 0 Å². The molecule has 0 aromatic heterocycles. The Morgan fingerprint density at radius 3 is 2.87 bits per heavy atom. The van der Waals surface area contributed by atoms with Gasteiger partial charge < -0.3 is 10.6 Å². The number of nitriles is 1. The molecule has 0 radical (unpaired) electrons. The second-order valence-corrected chi connectivity index (χ2v) is 4.50. The summed E-state index contributed by atoms with van der Waals surface area (Å²) in [6, 6.07) is 2.90. The highest BCUT2D eigenvalue weighted by Crippen LogP contribution is 2.24. The van der Waals surface area contributed by atoms with Crippen LogP contribution in [0.2, 0.25) is 0 Å². The molecule has 1 amide bonds. The number of carbonyl (C=O) groups excluding carboxylic acids is 1. The smallest absolute Gasteiger partial charge is 0.221 e. The van der Waals surface area contributed by atoms with Crippen LogP contribution >= 0.6 is 0 Å². The third kappa shape index (κ3) is 2.48. The van der Waals surface area contributed by atoms with Crippen molar-refractivity contribution < 1.29 is 4.79 Å². The highest BCUT2D eigenvalue weighted by molar-refractivity contribution is 5.78. The first kappa shape index (κ1) is 10.4. The number of hydrogen-bond acceptors (Lipinski definition) is 3. The van der Waals surface area contributed by atoms with E-state index in [0.717, 1.165) is 19.3 Å². The molecule has 0 bridgehead atoms. The Bertz CT molecular complexity index is 284. The van der Waals surface area contributed by atoms with Crippen molar-refractivity contribution in [2.24, 2.45) is 5.92 Å². The summed E-state index contributed by atoms with van der Waals surface area (Å²) in [5, 5.41) is 15.3. The Labute approximate surface area is 90.0 Å². The molecular formula is C11H17N3O. The highest BCUT2D eigenvalue weighted by atomic mass is 16.1. The van der Waals surface area contributed by atoms with Gasteiger partial charge in [0.05, 0.1) is 12.0 Å². The molecule has 4 nitrogen and oxygen atoms in total. The number of nitrogens with zero attached hydrogens (tertiary/aromatic N) is 1.